The van der Waals surface area contributed by atoms with Gasteiger partial charge in [0, 0.05) is 23.2 Å². The molecule has 0 saturated carbocycles. The highest BCUT2D eigenvalue weighted by atomic mass is 35.5. The molecule has 0 atom stereocenters. The normalized spacial score (nSPS) is 15.7. The first-order chi connectivity index (χ1) is 15.8. The van der Waals surface area contributed by atoms with E-state index in [1.807, 2.05) is 0 Å². The zero-order chi connectivity index (χ0) is 24.0. The summed E-state index contributed by atoms with van der Waals surface area (Å²) in [6.45, 7) is 2.52. The van der Waals surface area contributed by atoms with E-state index in [0.29, 0.717) is 17.7 Å². The Labute approximate surface area is 194 Å². The molecule has 176 valence electrons. The van der Waals surface area contributed by atoms with Gasteiger partial charge in [-0.3, -0.25) is 4.79 Å². The SMILES string of the molecule is CN1CCCC1.O=CN(Cc1ccc(C2=NN=C(C(F)F)C2)cc1F)c1ccc(F)c(Cl)c1. The van der Waals surface area contributed by atoms with Crippen molar-refractivity contribution in [3.8, 4) is 0 Å². The second kappa shape index (κ2) is 11.4. The van der Waals surface area contributed by atoms with Crippen LogP contribution in [0.1, 0.15) is 30.4 Å². The van der Waals surface area contributed by atoms with Crippen LogP contribution in [0.2, 0.25) is 5.02 Å². The highest BCUT2D eigenvalue weighted by Gasteiger charge is 2.22. The molecule has 1 amide bonds. The van der Waals surface area contributed by atoms with Gasteiger partial charge in [0.25, 0.3) is 6.43 Å². The fraction of sp³-hybridized carbons (Fsp3) is 0.348. The van der Waals surface area contributed by atoms with E-state index in [0.717, 1.165) is 17.0 Å². The van der Waals surface area contributed by atoms with Gasteiger partial charge in [-0.1, -0.05) is 23.7 Å². The van der Waals surface area contributed by atoms with Crippen molar-refractivity contribution in [2.24, 2.45) is 10.2 Å². The molecule has 0 spiro atoms. The van der Waals surface area contributed by atoms with Crippen molar-refractivity contribution in [3.05, 3.63) is 64.2 Å². The summed E-state index contributed by atoms with van der Waals surface area (Å²) in [7, 11) is 2.17. The third-order valence-electron chi connectivity index (χ3n) is 5.32. The number of amides is 1. The van der Waals surface area contributed by atoms with E-state index in [1.165, 1.54) is 50.2 Å². The van der Waals surface area contributed by atoms with Gasteiger partial charge in [0.2, 0.25) is 6.41 Å². The highest BCUT2D eigenvalue weighted by Crippen LogP contribution is 2.24. The lowest BCUT2D eigenvalue weighted by Gasteiger charge is -2.18. The summed E-state index contributed by atoms with van der Waals surface area (Å²) in [5.41, 5.74) is 0.691. The average Bonchev–Trinajstić information content (AvgIpc) is 3.47. The van der Waals surface area contributed by atoms with E-state index in [1.54, 1.807) is 0 Å². The molecule has 2 aromatic rings. The van der Waals surface area contributed by atoms with Crippen LogP contribution in [-0.2, 0) is 11.3 Å². The number of rotatable bonds is 6. The van der Waals surface area contributed by atoms with Gasteiger partial charge >= 0.3 is 0 Å². The number of halogens is 5. The quantitative estimate of drug-likeness (QED) is 0.414. The summed E-state index contributed by atoms with van der Waals surface area (Å²) in [6.07, 6.45) is 0.442. The molecule has 10 heteroatoms. The number of hydrogen-bond donors (Lipinski definition) is 0. The highest BCUT2D eigenvalue weighted by molar-refractivity contribution is 6.31. The predicted molar refractivity (Wildman–Crippen MR) is 121 cm³/mol. The van der Waals surface area contributed by atoms with Gasteiger partial charge in [-0.15, -0.1) is 0 Å². The lowest BCUT2D eigenvalue weighted by atomic mass is 10.0. The van der Waals surface area contributed by atoms with Gasteiger partial charge in [0.15, 0.2) is 0 Å². The van der Waals surface area contributed by atoms with Crippen LogP contribution < -0.4 is 4.90 Å². The van der Waals surface area contributed by atoms with Crippen LogP contribution >= 0.6 is 11.6 Å². The lowest BCUT2D eigenvalue weighted by molar-refractivity contribution is -0.107. The maximum Gasteiger partial charge on any atom is 0.278 e. The molecule has 0 bridgehead atoms. The monoisotopic (exact) mass is 482 g/mol. The summed E-state index contributed by atoms with van der Waals surface area (Å²) in [5.74, 6) is -1.27. The second-order valence-electron chi connectivity index (χ2n) is 7.76. The Balaban J connectivity index is 0.000000442. The zero-order valence-corrected chi connectivity index (χ0v) is 18.7. The van der Waals surface area contributed by atoms with E-state index >= 15 is 0 Å². The summed E-state index contributed by atoms with van der Waals surface area (Å²) in [5, 5.41) is 6.90. The molecule has 33 heavy (non-hydrogen) atoms. The zero-order valence-electron chi connectivity index (χ0n) is 17.9. The number of carbonyl (C=O) groups excluding carboxylic acids is 1. The fourth-order valence-corrected chi connectivity index (χ4v) is 3.59. The Kier molecular flexibility index (Phi) is 8.57. The fourth-order valence-electron chi connectivity index (χ4n) is 3.41. The Bertz CT molecular complexity index is 1050. The van der Waals surface area contributed by atoms with Crippen molar-refractivity contribution in [1.29, 1.82) is 0 Å². The minimum Gasteiger partial charge on any atom is -0.310 e. The van der Waals surface area contributed by atoms with E-state index in [9.17, 15) is 22.4 Å². The molecular weight excluding hydrogens is 460 g/mol. The molecule has 2 aliphatic heterocycles. The molecule has 2 heterocycles. The maximum absolute atomic E-state index is 14.4. The molecule has 0 aromatic heterocycles. The van der Waals surface area contributed by atoms with E-state index < -0.39 is 18.1 Å². The van der Waals surface area contributed by atoms with Crippen molar-refractivity contribution in [2.75, 3.05) is 25.0 Å². The molecule has 0 radical (unpaired) electrons. The minimum absolute atomic E-state index is 0.122. The molecule has 5 nitrogen and oxygen atoms in total. The Morgan fingerprint density at radius 3 is 2.33 bits per heavy atom. The van der Waals surface area contributed by atoms with Gasteiger partial charge in [-0.05, 0) is 57.2 Å². The van der Waals surface area contributed by atoms with Crippen LogP contribution in [0.15, 0.2) is 46.6 Å². The summed E-state index contributed by atoms with van der Waals surface area (Å²) in [4.78, 5) is 14.9. The van der Waals surface area contributed by atoms with Gasteiger partial charge < -0.3 is 9.80 Å². The van der Waals surface area contributed by atoms with Crippen LogP contribution in [0.4, 0.5) is 23.2 Å². The number of nitrogens with zero attached hydrogens (tertiary/aromatic N) is 4. The van der Waals surface area contributed by atoms with Crippen LogP contribution in [0.5, 0.6) is 0 Å². The number of hydrogen-bond acceptors (Lipinski definition) is 4. The Morgan fingerprint density at radius 2 is 1.82 bits per heavy atom. The smallest absolute Gasteiger partial charge is 0.278 e. The number of carbonyl (C=O) groups is 1. The third-order valence-corrected chi connectivity index (χ3v) is 5.61. The Hall–Kier alpha value is -2.78. The molecule has 2 aromatic carbocycles. The molecule has 1 fully saturated rings. The minimum atomic E-state index is -2.71. The van der Waals surface area contributed by atoms with Gasteiger partial charge in [-0.2, -0.15) is 10.2 Å². The van der Waals surface area contributed by atoms with Crippen LogP contribution in [0.3, 0.4) is 0 Å². The lowest BCUT2D eigenvalue weighted by Crippen LogP contribution is -2.21. The van der Waals surface area contributed by atoms with E-state index in [2.05, 4.69) is 22.2 Å². The molecule has 0 aliphatic carbocycles. The molecule has 0 N–H and O–H groups in total. The Morgan fingerprint density at radius 1 is 1.09 bits per heavy atom. The van der Waals surface area contributed by atoms with Crippen LogP contribution in [-0.4, -0.2) is 49.3 Å². The first kappa shape index (κ1) is 24.9. The van der Waals surface area contributed by atoms with Crippen molar-refractivity contribution >= 4 is 35.1 Å². The largest absolute Gasteiger partial charge is 0.310 e. The third kappa shape index (κ3) is 6.61. The first-order valence-electron chi connectivity index (χ1n) is 10.3. The van der Waals surface area contributed by atoms with Crippen molar-refractivity contribution in [1.82, 2.24) is 4.90 Å². The van der Waals surface area contributed by atoms with Gasteiger partial charge in [-0.25, -0.2) is 17.6 Å². The summed E-state index contributed by atoms with van der Waals surface area (Å²) >= 11 is 5.71. The van der Waals surface area contributed by atoms with Crippen molar-refractivity contribution in [2.45, 2.75) is 32.2 Å². The number of alkyl halides is 2. The van der Waals surface area contributed by atoms with Crippen molar-refractivity contribution in [3.63, 3.8) is 0 Å². The maximum atomic E-state index is 14.4. The summed E-state index contributed by atoms with van der Waals surface area (Å²) < 4.78 is 52.9. The second-order valence-corrected chi connectivity index (χ2v) is 8.17. The molecule has 2 aliphatic rings. The molecule has 4 rings (SSSR count). The topological polar surface area (TPSA) is 48.3 Å². The number of likely N-dealkylation sites (tertiary alicyclic amines) is 1. The predicted octanol–water partition coefficient (Wildman–Crippen LogP) is 5.31. The number of benzene rings is 2. The molecular formula is C23H23ClF4N4O. The van der Waals surface area contributed by atoms with E-state index in [-0.39, 0.29) is 35.0 Å². The number of anilines is 1. The molecule has 0 unspecified atom stereocenters. The average molecular weight is 483 g/mol. The summed E-state index contributed by atoms with van der Waals surface area (Å²) in [6, 6.07) is 7.80. The van der Waals surface area contributed by atoms with Gasteiger partial charge in [0.05, 0.1) is 17.3 Å². The molecule has 1 saturated heterocycles. The van der Waals surface area contributed by atoms with Crippen molar-refractivity contribution < 1.29 is 22.4 Å². The van der Waals surface area contributed by atoms with Crippen LogP contribution in [0.25, 0.3) is 0 Å². The standard InChI is InChI=1S/C18H12ClF4N3O.C5H11N/c19-13-6-12(3-4-14(13)20)26(9-27)8-11-2-1-10(5-15(11)21)16-7-17(18(22)23)25-24-16;1-6-4-2-3-5-6/h1-6,9,18H,7-8H2;2-5H2,1H3. The van der Waals surface area contributed by atoms with Crippen LogP contribution in [0, 0.1) is 11.6 Å². The van der Waals surface area contributed by atoms with Gasteiger partial charge in [0.1, 0.15) is 17.3 Å². The van der Waals surface area contributed by atoms with E-state index in [4.69, 9.17) is 11.6 Å². The first-order valence-corrected chi connectivity index (χ1v) is 10.7.